The topological polar surface area (TPSA) is 37.4 Å². The Bertz CT molecular complexity index is 954. The van der Waals surface area contributed by atoms with E-state index in [1.54, 1.807) is 31.3 Å². The fraction of sp³-hybridized carbons (Fsp3) is 0.111. The molecule has 3 nitrogen and oxygen atoms in total. The summed E-state index contributed by atoms with van der Waals surface area (Å²) in [5.41, 5.74) is 0.960. The number of fused-ring (bicyclic) bond motifs is 1. The summed E-state index contributed by atoms with van der Waals surface area (Å²) >= 11 is 3.31. The van der Waals surface area contributed by atoms with Crippen LogP contribution in [0.4, 0.5) is 0 Å². The van der Waals surface area contributed by atoms with E-state index in [1.807, 2.05) is 42.5 Å². The Morgan fingerprint density at radius 2 is 1.57 bits per heavy atom. The van der Waals surface area contributed by atoms with Gasteiger partial charge in [-0.15, -0.1) is 0 Å². The SMILES string of the molecule is CN(Cc1ccc2ccccc2c1)S(=O)(=O)c1ccccc1Br. The Morgan fingerprint density at radius 3 is 2.30 bits per heavy atom. The van der Waals surface area contributed by atoms with E-state index in [9.17, 15) is 8.42 Å². The van der Waals surface area contributed by atoms with Crippen LogP contribution >= 0.6 is 15.9 Å². The van der Waals surface area contributed by atoms with Crippen molar-refractivity contribution in [2.24, 2.45) is 0 Å². The fourth-order valence-corrected chi connectivity index (χ4v) is 4.62. The van der Waals surface area contributed by atoms with Gasteiger partial charge in [-0.25, -0.2) is 8.42 Å². The maximum absolute atomic E-state index is 12.7. The second-order valence-electron chi connectivity index (χ2n) is 5.37. The summed E-state index contributed by atoms with van der Waals surface area (Å²) in [5, 5.41) is 2.25. The molecule has 23 heavy (non-hydrogen) atoms. The molecule has 3 aromatic carbocycles. The lowest BCUT2D eigenvalue weighted by atomic mass is 10.1. The van der Waals surface area contributed by atoms with Gasteiger partial charge in [0, 0.05) is 18.1 Å². The Labute approximate surface area is 144 Å². The first-order valence-corrected chi connectivity index (χ1v) is 9.40. The van der Waals surface area contributed by atoms with Gasteiger partial charge in [-0.3, -0.25) is 0 Å². The highest BCUT2D eigenvalue weighted by Crippen LogP contribution is 2.25. The molecule has 3 aromatic rings. The minimum Gasteiger partial charge on any atom is -0.207 e. The summed E-state index contributed by atoms with van der Waals surface area (Å²) in [6, 6.07) is 20.9. The van der Waals surface area contributed by atoms with Crippen molar-refractivity contribution in [3.8, 4) is 0 Å². The average Bonchev–Trinajstić information content (AvgIpc) is 2.55. The number of sulfonamides is 1. The van der Waals surface area contributed by atoms with Crippen LogP contribution in [0.5, 0.6) is 0 Å². The van der Waals surface area contributed by atoms with Gasteiger partial charge >= 0.3 is 0 Å². The Hall–Kier alpha value is -1.69. The van der Waals surface area contributed by atoms with Crippen LogP contribution in [0.2, 0.25) is 0 Å². The van der Waals surface area contributed by atoms with Gasteiger partial charge in [-0.05, 0) is 50.5 Å². The minimum atomic E-state index is -3.53. The van der Waals surface area contributed by atoms with Crippen LogP contribution in [-0.2, 0) is 16.6 Å². The molecule has 0 amide bonds. The zero-order chi connectivity index (χ0) is 16.4. The second-order valence-corrected chi connectivity index (χ2v) is 8.24. The van der Waals surface area contributed by atoms with E-state index in [4.69, 9.17) is 0 Å². The lowest BCUT2D eigenvalue weighted by Crippen LogP contribution is -2.26. The molecule has 0 N–H and O–H groups in total. The molecule has 0 saturated carbocycles. The molecule has 3 rings (SSSR count). The average molecular weight is 390 g/mol. The van der Waals surface area contributed by atoms with Gasteiger partial charge in [-0.1, -0.05) is 48.5 Å². The minimum absolute atomic E-state index is 0.281. The van der Waals surface area contributed by atoms with Crippen LogP contribution in [-0.4, -0.2) is 19.8 Å². The monoisotopic (exact) mass is 389 g/mol. The van der Waals surface area contributed by atoms with Crippen molar-refractivity contribution < 1.29 is 8.42 Å². The van der Waals surface area contributed by atoms with Gasteiger partial charge in [0.15, 0.2) is 0 Å². The van der Waals surface area contributed by atoms with E-state index in [-0.39, 0.29) is 4.90 Å². The molecule has 118 valence electrons. The van der Waals surface area contributed by atoms with Crippen molar-refractivity contribution in [1.29, 1.82) is 0 Å². The molecule has 0 aliphatic carbocycles. The highest BCUT2D eigenvalue weighted by Gasteiger charge is 2.23. The van der Waals surface area contributed by atoms with Gasteiger partial charge in [0.1, 0.15) is 0 Å². The summed E-state index contributed by atoms with van der Waals surface area (Å²) in [6.45, 7) is 0.328. The summed E-state index contributed by atoms with van der Waals surface area (Å²) in [5.74, 6) is 0. The molecular weight excluding hydrogens is 374 g/mol. The number of hydrogen-bond donors (Lipinski definition) is 0. The summed E-state index contributed by atoms with van der Waals surface area (Å²) in [4.78, 5) is 0.281. The third-order valence-electron chi connectivity index (χ3n) is 3.74. The van der Waals surface area contributed by atoms with Crippen molar-refractivity contribution in [3.05, 3.63) is 76.8 Å². The van der Waals surface area contributed by atoms with E-state index in [0.717, 1.165) is 16.3 Å². The van der Waals surface area contributed by atoms with Crippen molar-refractivity contribution in [1.82, 2.24) is 4.31 Å². The van der Waals surface area contributed by atoms with Crippen LogP contribution in [0.1, 0.15) is 5.56 Å². The van der Waals surface area contributed by atoms with E-state index in [1.165, 1.54) is 4.31 Å². The third kappa shape index (κ3) is 3.32. The molecule has 0 aliphatic heterocycles. The molecule has 0 aliphatic rings. The van der Waals surface area contributed by atoms with Crippen LogP contribution in [0.3, 0.4) is 0 Å². The summed E-state index contributed by atoms with van der Waals surface area (Å²) in [7, 11) is -1.93. The molecule has 0 unspecified atom stereocenters. The Kier molecular flexibility index (Phi) is 4.53. The molecule has 0 spiro atoms. The van der Waals surface area contributed by atoms with E-state index in [0.29, 0.717) is 11.0 Å². The molecule has 5 heteroatoms. The van der Waals surface area contributed by atoms with E-state index < -0.39 is 10.0 Å². The third-order valence-corrected chi connectivity index (χ3v) is 6.56. The van der Waals surface area contributed by atoms with Gasteiger partial charge in [0.25, 0.3) is 0 Å². The molecule has 0 atom stereocenters. The van der Waals surface area contributed by atoms with Crippen LogP contribution in [0, 0.1) is 0 Å². The molecule has 0 saturated heterocycles. The first-order chi connectivity index (χ1) is 11.0. The molecule has 0 bridgehead atoms. The smallest absolute Gasteiger partial charge is 0.207 e. The second kappa shape index (κ2) is 6.43. The normalized spacial score (nSPS) is 12.0. The highest BCUT2D eigenvalue weighted by atomic mass is 79.9. The van der Waals surface area contributed by atoms with E-state index in [2.05, 4.69) is 15.9 Å². The molecule has 0 fully saturated rings. The van der Waals surface area contributed by atoms with Crippen LogP contribution < -0.4 is 0 Å². The highest BCUT2D eigenvalue weighted by molar-refractivity contribution is 9.10. The zero-order valence-electron chi connectivity index (χ0n) is 12.6. The maximum atomic E-state index is 12.7. The summed E-state index contributed by atoms with van der Waals surface area (Å²) in [6.07, 6.45) is 0. The van der Waals surface area contributed by atoms with Crippen molar-refractivity contribution in [3.63, 3.8) is 0 Å². The van der Waals surface area contributed by atoms with E-state index >= 15 is 0 Å². The van der Waals surface area contributed by atoms with Crippen LogP contribution in [0.25, 0.3) is 10.8 Å². The number of nitrogens with zero attached hydrogens (tertiary/aromatic N) is 1. The van der Waals surface area contributed by atoms with Gasteiger partial charge in [0.2, 0.25) is 10.0 Å². The molecular formula is C18H16BrNO2S. The number of benzene rings is 3. The quantitative estimate of drug-likeness (QED) is 0.661. The summed E-state index contributed by atoms with van der Waals surface area (Å²) < 4.78 is 27.4. The lowest BCUT2D eigenvalue weighted by molar-refractivity contribution is 0.466. The Balaban J connectivity index is 1.90. The Morgan fingerprint density at radius 1 is 0.913 bits per heavy atom. The van der Waals surface area contributed by atoms with Gasteiger partial charge < -0.3 is 0 Å². The molecule has 0 aromatic heterocycles. The predicted molar refractivity (Wildman–Crippen MR) is 96.7 cm³/mol. The largest absolute Gasteiger partial charge is 0.244 e. The number of hydrogen-bond acceptors (Lipinski definition) is 2. The first kappa shape index (κ1) is 16.2. The van der Waals surface area contributed by atoms with Gasteiger partial charge in [0.05, 0.1) is 4.90 Å². The van der Waals surface area contributed by atoms with Crippen molar-refractivity contribution in [2.75, 3.05) is 7.05 Å². The first-order valence-electron chi connectivity index (χ1n) is 7.17. The standard InChI is InChI=1S/C18H16BrNO2S/c1-20(23(21,22)18-9-5-4-8-17(18)19)13-14-10-11-15-6-2-3-7-16(15)12-14/h2-12H,13H2,1H3. The van der Waals surface area contributed by atoms with Crippen molar-refractivity contribution >= 4 is 36.7 Å². The maximum Gasteiger partial charge on any atom is 0.244 e. The van der Waals surface area contributed by atoms with Crippen LogP contribution in [0.15, 0.2) is 76.1 Å². The predicted octanol–water partition coefficient (Wildman–Crippen LogP) is 4.42. The molecule has 0 heterocycles. The number of halogens is 1. The van der Waals surface area contributed by atoms with Crippen molar-refractivity contribution in [2.45, 2.75) is 11.4 Å². The molecule has 0 radical (unpaired) electrons. The van der Waals surface area contributed by atoms with Gasteiger partial charge in [-0.2, -0.15) is 4.31 Å². The number of rotatable bonds is 4. The lowest BCUT2D eigenvalue weighted by Gasteiger charge is -2.18. The zero-order valence-corrected chi connectivity index (χ0v) is 15.0. The fourth-order valence-electron chi connectivity index (χ4n) is 2.50.